The molecule has 0 unspecified atom stereocenters. The number of aliphatic carboxylic acids is 1. The Balaban J connectivity index is 2.38. The van der Waals surface area contributed by atoms with Crippen LogP contribution in [0.1, 0.15) is 18.5 Å². The van der Waals surface area contributed by atoms with Gasteiger partial charge < -0.3 is 9.84 Å². The Hall–Kier alpha value is -1.49. The summed E-state index contributed by atoms with van der Waals surface area (Å²) < 4.78 is 5.19. The van der Waals surface area contributed by atoms with Gasteiger partial charge in [0.1, 0.15) is 11.7 Å². The van der Waals surface area contributed by atoms with E-state index in [0.717, 1.165) is 0 Å². The molecule has 2 rings (SSSR count). The van der Waals surface area contributed by atoms with Crippen LogP contribution in [0.3, 0.4) is 0 Å². The van der Waals surface area contributed by atoms with Crippen molar-refractivity contribution >= 4 is 5.97 Å². The van der Waals surface area contributed by atoms with Crippen molar-refractivity contribution in [1.82, 2.24) is 9.97 Å². The predicted octanol–water partition coefficient (Wildman–Crippen LogP) is 0.609. The van der Waals surface area contributed by atoms with E-state index in [4.69, 9.17) is 4.74 Å². The number of aromatic nitrogens is 2. The Bertz CT molecular complexity index is 347. The molecule has 80 valence electrons. The quantitative estimate of drug-likeness (QED) is 0.770. The van der Waals surface area contributed by atoms with E-state index in [1.807, 2.05) is 0 Å². The van der Waals surface area contributed by atoms with Crippen LogP contribution in [0, 0.1) is 0 Å². The Labute approximate surface area is 87.1 Å². The monoisotopic (exact) mass is 208 g/mol. The lowest BCUT2D eigenvalue weighted by molar-refractivity contribution is -0.148. The van der Waals surface area contributed by atoms with Gasteiger partial charge in [0.05, 0.1) is 5.69 Å². The highest BCUT2D eigenvalue weighted by molar-refractivity contribution is 5.80. The first kappa shape index (κ1) is 10.0. The number of carbonyl (C=O) groups is 1. The van der Waals surface area contributed by atoms with Crippen LogP contribution in [0.2, 0.25) is 0 Å². The Morgan fingerprint density at radius 3 is 2.73 bits per heavy atom. The van der Waals surface area contributed by atoms with E-state index in [-0.39, 0.29) is 0 Å². The third-order valence-corrected chi connectivity index (χ3v) is 2.83. The van der Waals surface area contributed by atoms with Gasteiger partial charge >= 0.3 is 5.97 Å². The molecule has 0 bridgehead atoms. The van der Waals surface area contributed by atoms with Gasteiger partial charge in [0.2, 0.25) is 0 Å². The summed E-state index contributed by atoms with van der Waals surface area (Å²) in [5, 5.41) is 9.33. The summed E-state index contributed by atoms with van der Waals surface area (Å²) in [6.45, 7) is 0.937. The van der Waals surface area contributed by atoms with Gasteiger partial charge in [0.15, 0.2) is 0 Å². The Morgan fingerprint density at radius 1 is 1.47 bits per heavy atom. The molecule has 0 aromatic carbocycles. The fraction of sp³-hybridized carbons (Fsp3) is 0.500. The lowest BCUT2D eigenvalue weighted by atomic mass is 9.77. The van der Waals surface area contributed by atoms with Gasteiger partial charge in [-0.05, 0) is 18.9 Å². The fourth-order valence-electron chi connectivity index (χ4n) is 1.87. The summed E-state index contributed by atoms with van der Waals surface area (Å²) in [5.41, 5.74) is -0.311. The molecule has 0 aliphatic carbocycles. The molecule has 1 aliphatic heterocycles. The number of nitrogens with zero attached hydrogens (tertiary/aromatic N) is 2. The number of carboxylic acids is 1. The zero-order chi connectivity index (χ0) is 10.7. The van der Waals surface area contributed by atoms with Crippen molar-refractivity contribution in [3.8, 4) is 0 Å². The molecule has 0 saturated carbocycles. The van der Waals surface area contributed by atoms with Crippen molar-refractivity contribution in [3.63, 3.8) is 0 Å². The first-order valence-electron chi connectivity index (χ1n) is 4.83. The van der Waals surface area contributed by atoms with Crippen LogP contribution in [0.5, 0.6) is 0 Å². The second-order valence-electron chi connectivity index (χ2n) is 3.59. The van der Waals surface area contributed by atoms with Gasteiger partial charge in [-0.25, -0.2) is 9.97 Å². The molecule has 0 radical (unpaired) electrons. The highest BCUT2D eigenvalue weighted by Crippen LogP contribution is 2.33. The van der Waals surface area contributed by atoms with Gasteiger partial charge in [-0.2, -0.15) is 0 Å². The number of rotatable bonds is 2. The molecule has 1 fully saturated rings. The highest BCUT2D eigenvalue weighted by atomic mass is 16.5. The van der Waals surface area contributed by atoms with E-state index in [1.54, 1.807) is 12.3 Å². The van der Waals surface area contributed by atoms with Crippen molar-refractivity contribution in [3.05, 3.63) is 24.3 Å². The van der Waals surface area contributed by atoms with Crippen molar-refractivity contribution < 1.29 is 14.6 Å². The second-order valence-corrected chi connectivity index (χ2v) is 3.59. The Kier molecular flexibility index (Phi) is 2.64. The number of carboxylic acid groups (broad SMARTS) is 1. The lowest BCUT2D eigenvalue weighted by Crippen LogP contribution is -2.42. The van der Waals surface area contributed by atoms with Crippen molar-refractivity contribution in [2.45, 2.75) is 18.3 Å². The molecule has 1 aliphatic rings. The molecule has 2 heterocycles. The molecule has 0 amide bonds. The molecule has 0 atom stereocenters. The van der Waals surface area contributed by atoms with Crippen LogP contribution in [0.4, 0.5) is 0 Å². The maximum absolute atomic E-state index is 11.4. The standard InChI is InChI=1S/C10H12N2O3/c13-9(14)10(2-5-15-6-3-10)8-1-4-11-7-12-8/h1,4,7H,2-3,5-6H2,(H,13,14). The molecule has 5 nitrogen and oxygen atoms in total. The topological polar surface area (TPSA) is 72.3 Å². The number of hydrogen-bond donors (Lipinski definition) is 1. The normalized spacial score (nSPS) is 19.7. The molecule has 1 N–H and O–H groups in total. The zero-order valence-corrected chi connectivity index (χ0v) is 8.22. The van der Waals surface area contributed by atoms with Crippen molar-refractivity contribution in [2.24, 2.45) is 0 Å². The largest absolute Gasteiger partial charge is 0.481 e. The average Bonchev–Trinajstić information content (AvgIpc) is 2.31. The van der Waals surface area contributed by atoms with Crippen LogP contribution < -0.4 is 0 Å². The fourth-order valence-corrected chi connectivity index (χ4v) is 1.87. The van der Waals surface area contributed by atoms with Gasteiger partial charge in [-0.3, -0.25) is 4.79 Å². The SMILES string of the molecule is O=C(O)C1(c2ccncn2)CCOCC1. The van der Waals surface area contributed by atoms with Gasteiger partial charge in [0, 0.05) is 19.4 Å². The molecule has 5 heteroatoms. The summed E-state index contributed by atoms with van der Waals surface area (Å²) in [5.74, 6) is -0.829. The van der Waals surface area contributed by atoms with Crippen molar-refractivity contribution in [1.29, 1.82) is 0 Å². The van der Waals surface area contributed by atoms with E-state index in [2.05, 4.69) is 9.97 Å². The Morgan fingerprint density at radius 2 is 2.20 bits per heavy atom. The zero-order valence-electron chi connectivity index (χ0n) is 8.22. The van der Waals surface area contributed by atoms with Crippen LogP contribution in [-0.2, 0) is 14.9 Å². The van der Waals surface area contributed by atoms with Crippen molar-refractivity contribution in [2.75, 3.05) is 13.2 Å². The van der Waals surface area contributed by atoms with Crippen LogP contribution >= 0.6 is 0 Å². The summed E-state index contributed by atoms with van der Waals surface area (Å²) in [6.07, 6.45) is 3.90. The van der Waals surface area contributed by atoms with E-state index in [0.29, 0.717) is 31.7 Å². The van der Waals surface area contributed by atoms with Gasteiger partial charge in [-0.1, -0.05) is 0 Å². The van der Waals surface area contributed by atoms with E-state index in [9.17, 15) is 9.90 Å². The van der Waals surface area contributed by atoms with E-state index in [1.165, 1.54) is 6.33 Å². The summed E-state index contributed by atoms with van der Waals surface area (Å²) in [6, 6.07) is 1.67. The summed E-state index contributed by atoms with van der Waals surface area (Å²) in [7, 11) is 0. The molecule has 1 aromatic rings. The lowest BCUT2D eigenvalue weighted by Gasteiger charge is -2.32. The molecule has 1 saturated heterocycles. The molecular formula is C10H12N2O3. The van der Waals surface area contributed by atoms with Crippen LogP contribution in [0.15, 0.2) is 18.6 Å². The molecule has 0 spiro atoms. The summed E-state index contributed by atoms with van der Waals surface area (Å²) >= 11 is 0. The first-order chi connectivity index (χ1) is 7.26. The third-order valence-electron chi connectivity index (χ3n) is 2.83. The molecule has 15 heavy (non-hydrogen) atoms. The smallest absolute Gasteiger partial charge is 0.315 e. The average molecular weight is 208 g/mol. The van der Waals surface area contributed by atoms with Gasteiger partial charge in [-0.15, -0.1) is 0 Å². The summed E-state index contributed by atoms with van der Waals surface area (Å²) in [4.78, 5) is 19.2. The van der Waals surface area contributed by atoms with E-state index >= 15 is 0 Å². The van der Waals surface area contributed by atoms with E-state index < -0.39 is 11.4 Å². The minimum absolute atomic E-state index is 0.469. The maximum Gasteiger partial charge on any atom is 0.315 e. The highest BCUT2D eigenvalue weighted by Gasteiger charge is 2.43. The van der Waals surface area contributed by atoms with Crippen LogP contribution in [0.25, 0.3) is 0 Å². The van der Waals surface area contributed by atoms with Gasteiger partial charge in [0.25, 0.3) is 0 Å². The molecular weight excluding hydrogens is 196 g/mol. The first-order valence-corrected chi connectivity index (χ1v) is 4.83. The molecule has 1 aromatic heterocycles. The predicted molar refractivity (Wildman–Crippen MR) is 51.4 cm³/mol. The second kappa shape index (κ2) is 3.94. The minimum Gasteiger partial charge on any atom is -0.481 e. The number of hydrogen-bond acceptors (Lipinski definition) is 4. The minimum atomic E-state index is -0.888. The number of ether oxygens (including phenoxy) is 1. The maximum atomic E-state index is 11.4. The third kappa shape index (κ3) is 1.70. The van der Waals surface area contributed by atoms with Crippen LogP contribution in [-0.4, -0.2) is 34.3 Å².